The number of carbonyl (C=O) groups is 3. The van der Waals surface area contributed by atoms with Crippen LogP contribution in [0.15, 0.2) is 22.7 Å². The molecule has 0 saturated carbocycles. The third-order valence-corrected chi connectivity index (χ3v) is 3.91. The van der Waals surface area contributed by atoms with Crippen LogP contribution in [0.3, 0.4) is 0 Å². The quantitative estimate of drug-likeness (QED) is 0.603. The van der Waals surface area contributed by atoms with Crippen molar-refractivity contribution in [3.8, 4) is 0 Å². The lowest BCUT2D eigenvalue weighted by atomic mass is 10.1. The molecule has 18 heavy (non-hydrogen) atoms. The maximum atomic E-state index is 12.1. The molecule has 0 spiro atoms. The maximum Gasteiger partial charge on any atom is 0.262 e. The van der Waals surface area contributed by atoms with Gasteiger partial charge in [-0.3, -0.25) is 19.3 Å². The van der Waals surface area contributed by atoms with Gasteiger partial charge in [0, 0.05) is 4.47 Å². The van der Waals surface area contributed by atoms with Gasteiger partial charge in [-0.25, -0.2) is 0 Å². The van der Waals surface area contributed by atoms with E-state index in [1.165, 1.54) is 0 Å². The van der Waals surface area contributed by atoms with E-state index in [1.54, 1.807) is 25.1 Å². The lowest BCUT2D eigenvalue weighted by Gasteiger charge is -2.20. The minimum absolute atomic E-state index is 0.116. The van der Waals surface area contributed by atoms with E-state index in [0.717, 1.165) is 9.37 Å². The number of amides is 2. The molecule has 1 unspecified atom stereocenters. The molecular weight excluding hydrogens is 366 g/mol. The molecule has 6 heteroatoms. The van der Waals surface area contributed by atoms with Crippen molar-refractivity contribution in [2.75, 3.05) is 5.33 Å². The van der Waals surface area contributed by atoms with E-state index in [9.17, 15) is 14.4 Å². The highest BCUT2D eigenvalue weighted by Gasteiger charge is 2.40. The van der Waals surface area contributed by atoms with Crippen molar-refractivity contribution in [1.29, 1.82) is 0 Å². The first kappa shape index (κ1) is 13.4. The predicted molar refractivity (Wildman–Crippen MR) is 72.9 cm³/mol. The first-order valence-electron chi connectivity index (χ1n) is 5.23. The molecule has 4 nitrogen and oxygen atoms in total. The summed E-state index contributed by atoms with van der Waals surface area (Å²) in [6, 6.07) is 4.13. The number of rotatable bonds is 3. The number of fused-ring (bicyclic) bond motifs is 1. The zero-order chi connectivity index (χ0) is 13.4. The molecule has 0 bridgehead atoms. The lowest BCUT2D eigenvalue weighted by molar-refractivity contribution is -0.119. The molecule has 1 atom stereocenters. The van der Waals surface area contributed by atoms with E-state index in [-0.39, 0.29) is 11.1 Å². The summed E-state index contributed by atoms with van der Waals surface area (Å²) >= 11 is 6.30. The van der Waals surface area contributed by atoms with Crippen molar-refractivity contribution in [2.24, 2.45) is 0 Å². The molecule has 1 aromatic carbocycles. The molecule has 0 saturated heterocycles. The summed E-state index contributed by atoms with van der Waals surface area (Å²) in [6.45, 7) is 1.56. The highest BCUT2D eigenvalue weighted by molar-refractivity contribution is 9.10. The summed E-state index contributed by atoms with van der Waals surface area (Å²) in [6.07, 6.45) is 0. The summed E-state index contributed by atoms with van der Waals surface area (Å²) in [5.41, 5.74) is 0.681. The van der Waals surface area contributed by atoms with E-state index in [0.29, 0.717) is 11.1 Å². The fourth-order valence-electron chi connectivity index (χ4n) is 1.84. The van der Waals surface area contributed by atoms with Crippen LogP contribution in [0.25, 0.3) is 0 Å². The zero-order valence-electron chi connectivity index (χ0n) is 9.44. The number of alkyl halides is 1. The van der Waals surface area contributed by atoms with Crippen molar-refractivity contribution in [3.05, 3.63) is 33.8 Å². The fourth-order valence-corrected chi connectivity index (χ4v) is 2.67. The van der Waals surface area contributed by atoms with Crippen molar-refractivity contribution in [3.63, 3.8) is 0 Å². The van der Waals surface area contributed by atoms with Crippen LogP contribution >= 0.6 is 31.9 Å². The second-order valence-electron chi connectivity index (χ2n) is 3.95. The maximum absolute atomic E-state index is 12.1. The minimum Gasteiger partial charge on any atom is -0.296 e. The Balaban J connectivity index is 2.43. The van der Waals surface area contributed by atoms with Gasteiger partial charge >= 0.3 is 0 Å². The number of nitrogens with zero attached hydrogens (tertiary/aromatic N) is 1. The SMILES string of the molecule is CC(C(=O)CBr)N1C(=O)c2ccc(Br)cc2C1=O. The molecule has 0 N–H and O–H groups in total. The Kier molecular flexibility index (Phi) is 3.68. The van der Waals surface area contributed by atoms with Crippen LogP contribution in [0, 0.1) is 0 Å². The number of halogens is 2. The highest BCUT2D eigenvalue weighted by atomic mass is 79.9. The number of hydrogen-bond acceptors (Lipinski definition) is 3. The summed E-state index contributed by atoms with van der Waals surface area (Å²) in [5, 5.41) is 0.116. The lowest BCUT2D eigenvalue weighted by Crippen LogP contribution is -2.43. The number of imide groups is 1. The summed E-state index contributed by atoms with van der Waals surface area (Å²) in [4.78, 5) is 36.9. The highest BCUT2D eigenvalue weighted by Crippen LogP contribution is 2.27. The van der Waals surface area contributed by atoms with Gasteiger partial charge in [0.15, 0.2) is 5.78 Å². The normalized spacial score (nSPS) is 15.8. The summed E-state index contributed by atoms with van der Waals surface area (Å²) in [5.74, 6) is -1.04. The van der Waals surface area contributed by atoms with Gasteiger partial charge < -0.3 is 0 Å². The molecule has 0 aromatic heterocycles. The standard InChI is InChI=1S/C12H9Br2NO3/c1-6(10(16)5-13)15-11(17)8-3-2-7(14)4-9(8)12(15)18/h2-4,6H,5H2,1H3. The molecule has 2 amide bonds. The Morgan fingerprint density at radius 1 is 1.28 bits per heavy atom. The van der Waals surface area contributed by atoms with Crippen LogP contribution in [0.1, 0.15) is 27.6 Å². The largest absolute Gasteiger partial charge is 0.296 e. The van der Waals surface area contributed by atoms with Crippen LogP contribution in [0.4, 0.5) is 0 Å². The molecule has 2 rings (SSSR count). The van der Waals surface area contributed by atoms with Gasteiger partial charge in [-0.05, 0) is 25.1 Å². The van der Waals surface area contributed by atoms with E-state index in [4.69, 9.17) is 0 Å². The van der Waals surface area contributed by atoms with Crippen LogP contribution in [0.5, 0.6) is 0 Å². The van der Waals surface area contributed by atoms with Gasteiger partial charge in [0.2, 0.25) is 0 Å². The molecule has 0 fully saturated rings. The van der Waals surface area contributed by atoms with Crippen LogP contribution in [0.2, 0.25) is 0 Å². The van der Waals surface area contributed by atoms with Crippen LogP contribution < -0.4 is 0 Å². The molecular formula is C12H9Br2NO3. The average molecular weight is 375 g/mol. The first-order valence-corrected chi connectivity index (χ1v) is 7.15. The summed E-state index contributed by atoms with van der Waals surface area (Å²) in [7, 11) is 0. The second-order valence-corrected chi connectivity index (χ2v) is 5.42. The Bertz CT molecular complexity index is 556. The predicted octanol–water partition coefficient (Wildman–Crippen LogP) is 2.40. The van der Waals surface area contributed by atoms with Gasteiger partial charge in [0.25, 0.3) is 11.8 Å². The van der Waals surface area contributed by atoms with Crippen molar-refractivity contribution >= 4 is 49.5 Å². The van der Waals surface area contributed by atoms with E-state index >= 15 is 0 Å². The van der Waals surface area contributed by atoms with Gasteiger partial charge in [-0.2, -0.15) is 0 Å². The Morgan fingerprint density at radius 3 is 2.50 bits per heavy atom. The molecule has 1 heterocycles. The number of Topliss-reactive ketones (excluding diaryl/α,β-unsaturated/α-hetero) is 1. The molecule has 1 aliphatic heterocycles. The fraction of sp³-hybridized carbons (Fsp3) is 0.250. The van der Waals surface area contributed by atoms with Gasteiger partial charge in [-0.15, -0.1) is 0 Å². The second kappa shape index (κ2) is 4.93. The van der Waals surface area contributed by atoms with Crippen molar-refractivity contribution < 1.29 is 14.4 Å². The van der Waals surface area contributed by atoms with E-state index < -0.39 is 17.9 Å². The molecule has 0 radical (unpaired) electrons. The summed E-state index contributed by atoms with van der Waals surface area (Å²) < 4.78 is 0.726. The number of benzene rings is 1. The molecule has 0 aliphatic carbocycles. The van der Waals surface area contributed by atoms with Gasteiger partial charge in [0.1, 0.15) is 0 Å². The van der Waals surface area contributed by atoms with Gasteiger partial charge in [-0.1, -0.05) is 31.9 Å². The smallest absolute Gasteiger partial charge is 0.262 e. The Morgan fingerprint density at radius 2 is 1.89 bits per heavy atom. The molecule has 1 aliphatic rings. The first-order chi connectivity index (χ1) is 8.47. The molecule has 94 valence electrons. The van der Waals surface area contributed by atoms with E-state index in [1.807, 2.05) is 0 Å². The molecule has 1 aromatic rings. The third kappa shape index (κ3) is 2.03. The number of ketones is 1. The topological polar surface area (TPSA) is 54.5 Å². The van der Waals surface area contributed by atoms with Gasteiger partial charge in [0.05, 0.1) is 22.5 Å². The van der Waals surface area contributed by atoms with Crippen LogP contribution in [-0.2, 0) is 4.79 Å². The number of carbonyl (C=O) groups excluding carboxylic acids is 3. The van der Waals surface area contributed by atoms with Crippen molar-refractivity contribution in [2.45, 2.75) is 13.0 Å². The third-order valence-electron chi connectivity index (χ3n) is 2.87. The zero-order valence-corrected chi connectivity index (χ0v) is 12.6. The minimum atomic E-state index is -0.754. The Hall–Kier alpha value is -1.01. The number of hydrogen-bond donors (Lipinski definition) is 0. The van der Waals surface area contributed by atoms with Crippen molar-refractivity contribution in [1.82, 2.24) is 4.90 Å². The Labute approximate surface area is 121 Å². The monoisotopic (exact) mass is 373 g/mol. The average Bonchev–Trinajstić information content (AvgIpc) is 2.60. The van der Waals surface area contributed by atoms with E-state index in [2.05, 4.69) is 31.9 Å². The van der Waals surface area contributed by atoms with Crippen LogP contribution in [-0.4, -0.2) is 33.9 Å².